The van der Waals surface area contributed by atoms with Gasteiger partial charge in [-0.2, -0.15) is 0 Å². The average Bonchev–Trinajstić information content (AvgIpc) is 2.76. The number of fused-ring (bicyclic) bond motifs is 1. The first-order valence-electron chi connectivity index (χ1n) is 11.1. The molecular weight excluding hydrogens is 411 g/mol. The lowest BCUT2D eigenvalue weighted by Crippen LogP contribution is -2.21. The van der Waals surface area contributed by atoms with E-state index < -0.39 is 23.7 Å². The summed E-state index contributed by atoms with van der Waals surface area (Å²) in [4.78, 5) is 0. The van der Waals surface area contributed by atoms with Crippen LogP contribution < -0.4 is 4.74 Å². The van der Waals surface area contributed by atoms with E-state index in [9.17, 15) is 22.0 Å². The molecular formula is C25H27F5O. The van der Waals surface area contributed by atoms with Crippen LogP contribution >= 0.6 is 0 Å². The van der Waals surface area contributed by atoms with Gasteiger partial charge in [0.05, 0.1) is 0 Å². The first-order chi connectivity index (χ1) is 14.7. The smallest absolute Gasteiger partial charge is 0.399 e. The van der Waals surface area contributed by atoms with Gasteiger partial charge in [0.2, 0.25) is 5.75 Å². The molecule has 1 saturated carbocycles. The molecule has 1 nitrogen and oxygen atoms in total. The summed E-state index contributed by atoms with van der Waals surface area (Å²) in [6, 6.07) is 9.54. The fraction of sp³-hybridized carbons (Fsp3) is 0.520. The maximum Gasteiger partial charge on any atom is 0.573 e. The van der Waals surface area contributed by atoms with Gasteiger partial charge in [0, 0.05) is 0 Å². The van der Waals surface area contributed by atoms with Crippen LogP contribution in [0.1, 0.15) is 79.5 Å². The standard InChI is InChI=1S/C25H27F5O/c1-2-15-3-5-16(6-4-15)17-7-9-18(10-8-17)19-11-12-21-20(13-19)14-22(26)24(23(21)27)31-25(28,29)30/h7-10,14-16,19H,2-6,11-13H2,1H3. The average molecular weight is 438 g/mol. The van der Waals surface area contributed by atoms with E-state index in [4.69, 9.17) is 0 Å². The normalized spacial score (nSPS) is 24.0. The lowest BCUT2D eigenvalue weighted by atomic mass is 9.76. The molecule has 0 saturated heterocycles. The molecule has 0 amide bonds. The van der Waals surface area contributed by atoms with Gasteiger partial charge in [0.1, 0.15) is 0 Å². The van der Waals surface area contributed by atoms with Crippen molar-refractivity contribution in [3.63, 3.8) is 0 Å². The zero-order chi connectivity index (χ0) is 22.2. The van der Waals surface area contributed by atoms with E-state index in [-0.39, 0.29) is 17.9 Å². The summed E-state index contributed by atoms with van der Waals surface area (Å²) in [6.07, 6.45) is 2.36. The van der Waals surface area contributed by atoms with Crippen LogP contribution in [0.25, 0.3) is 0 Å². The van der Waals surface area contributed by atoms with Crippen molar-refractivity contribution < 1.29 is 26.7 Å². The Balaban J connectivity index is 1.48. The van der Waals surface area contributed by atoms with Gasteiger partial charge in [-0.1, -0.05) is 37.6 Å². The molecule has 0 heterocycles. The van der Waals surface area contributed by atoms with E-state index >= 15 is 0 Å². The van der Waals surface area contributed by atoms with Gasteiger partial charge in [-0.05, 0) is 91.0 Å². The van der Waals surface area contributed by atoms with E-state index in [0.717, 1.165) is 17.5 Å². The van der Waals surface area contributed by atoms with Crippen molar-refractivity contribution in [3.8, 4) is 5.75 Å². The SMILES string of the molecule is CCC1CCC(c2ccc(C3CCc4c(cc(F)c(OC(F)(F)F)c4F)C3)cc2)CC1. The molecule has 4 rings (SSSR count). The van der Waals surface area contributed by atoms with Crippen LogP contribution in [0.5, 0.6) is 5.75 Å². The summed E-state index contributed by atoms with van der Waals surface area (Å²) >= 11 is 0. The molecule has 1 atom stereocenters. The highest BCUT2D eigenvalue weighted by Gasteiger charge is 2.36. The summed E-state index contributed by atoms with van der Waals surface area (Å²) in [5.74, 6) is -2.37. The molecule has 2 aliphatic rings. The van der Waals surface area contributed by atoms with Crippen LogP contribution in [0.4, 0.5) is 22.0 Å². The van der Waals surface area contributed by atoms with Gasteiger partial charge in [-0.3, -0.25) is 0 Å². The molecule has 2 aromatic carbocycles. The van der Waals surface area contributed by atoms with Gasteiger partial charge in [-0.15, -0.1) is 13.2 Å². The quantitative estimate of drug-likeness (QED) is 0.442. The molecule has 0 aliphatic heterocycles. The number of rotatable bonds is 4. The van der Waals surface area contributed by atoms with Crippen molar-refractivity contribution in [2.24, 2.45) is 5.92 Å². The van der Waals surface area contributed by atoms with Crippen molar-refractivity contribution in [1.82, 2.24) is 0 Å². The van der Waals surface area contributed by atoms with E-state index in [1.54, 1.807) is 0 Å². The molecule has 168 valence electrons. The van der Waals surface area contributed by atoms with Crippen molar-refractivity contribution in [2.45, 2.75) is 76.5 Å². The second-order valence-corrected chi connectivity index (χ2v) is 8.92. The fourth-order valence-electron chi connectivity index (χ4n) is 5.27. The number of hydrogen-bond acceptors (Lipinski definition) is 1. The Labute approximate surface area is 179 Å². The second kappa shape index (κ2) is 8.79. The summed E-state index contributed by atoms with van der Waals surface area (Å²) in [5.41, 5.74) is 3.00. The zero-order valence-electron chi connectivity index (χ0n) is 17.6. The number of hydrogen-bond donors (Lipinski definition) is 0. The summed E-state index contributed by atoms with van der Waals surface area (Å²) in [5, 5.41) is 0. The molecule has 0 N–H and O–H groups in total. The van der Waals surface area contributed by atoms with Gasteiger partial charge < -0.3 is 4.74 Å². The van der Waals surface area contributed by atoms with Gasteiger partial charge >= 0.3 is 6.36 Å². The third-order valence-corrected chi connectivity index (χ3v) is 7.10. The van der Waals surface area contributed by atoms with Crippen molar-refractivity contribution in [3.05, 3.63) is 64.2 Å². The van der Waals surface area contributed by atoms with Crippen LogP contribution in [-0.2, 0) is 12.8 Å². The van der Waals surface area contributed by atoms with Crippen LogP contribution in [0.15, 0.2) is 30.3 Å². The molecule has 0 spiro atoms. The Kier molecular flexibility index (Phi) is 6.27. The van der Waals surface area contributed by atoms with E-state index in [2.05, 4.69) is 35.9 Å². The predicted octanol–water partition coefficient (Wildman–Crippen LogP) is 7.82. The zero-order valence-corrected chi connectivity index (χ0v) is 17.6. The molecule has 1 fully saturated rings. The van der Waals surface area contributed by atoms with Gasteiger partial charge in [0.25, 0.3) is 0 Å². The Bertz CT molecular complexity index is 911. The molecule has 2 aromatic rings. The van der Waals surface area contributed by atoms with Crippen LogP contribution in [0.2, 0.25) is 0 Å². The highest BCUT2D eigenvalue weighted by molar-refractivity contribution is 5.42. The Hall–Kier alpha value is -2.11. The second-order valence-electron chi connectivity index (χ2n) is 8.92. The van der Waals surface area contributed by atoms with Crippen LogP contribution in [-0.4, -0.2) is 6.36 Å². The molecule has 6 heteroatoms. The molecule has 2 aliphatic carbocycles. The minimum Gasteiger partial charge on any atom is -0.399 e. The minimum absolute atomic E-state index is 0.0885. The molecule has 31 heavy (non-hydrogen) atoms. The number of alkyl halides is 3. The van der Waals surface area contributed by atoms with Crippen molar-refractivity contribution in [1.29, 1.82) is 0 Å². The molecule has 1 unspecified atom stereocenters. The maximum absolute atomic E-state index is 14.5. The lowest BCUT2D eigenvalue weighted by molar-refractivity contribution is -0.276. The lowest BCUT2D eigenvalue weighted by Gasteiger charge is -2.29. The monoisotopic (exact) mass is 438 g/mol. The molecule has 0 radical (unpaired) electrons. The first-order valence-corrected chi connectivity index (χ1v) is 11.1. The molecule has 0 bridgehead atoms. The van der Waals surface area contributed by atoms with Gasteiger partial charge in [0.15, 0.2) is 11.6 Å². The maximum atomic E-state index is 14.5. The molecule has 0 aromatic heterocycles. The number of halogens is 5. The van der Waals surface area contributed by atoms with Crippen molar-refractivity contribution >= 4 is 0 Å². The predicted molar refractivity (Wildman–Crippen MR) is 109 cm³/mol. The number of benzene rings is 2. The fourth-order valence-corrected chi connectivity index (χ4v) is 5.27. The third kappa shape index (κ3) is 4.88. The van der Waals surface area contributed by atoms with Crippen molar-refractivity contribution in [2.75, 3.05) is 0 Å². The van der Waals surface area contributed by atoms with E-state index in [0.29, 0.717) is 24.3 Å². The van der Waals surface area contributed by atoms with Crippen LogP contribution in [0.3, 0.4) is 0 Å². The largest absolute Gasteiger partial charge is 0.573 e. The van der Waals surface area contributed by atoms with E-state index in [1.165, 1.54) is 37.7 Å². The topological polar surface area (TPSA) is 9.23 Å². The first kappa shape index (κ1) is 22.1. The third-order valence-electron chi connectivity index (χ3n) is 7.10. The van der Waals surface area contributed by atoms with Crippen LogP contribution in [0, 0.1) is 17.6 Å². The summed E-state index contributed by atoms with van der Waals surface area (Å²) in [7, 11) is 0. The number of ether oxygens (including phenoxy) is 1. The summed E-state index contributed by atoms with van der Waals surface area (Å²) < 4.78 is 69.6. The highest BCUT2D eigenvalue weighted by Crippen LogP contribution is 2.41. The summed E-state index contributed by atoms with van der Waals surface area (Å²) in [6.45, 7) is 2.25. The highest BCUT2D eigenvalue weighted by atomic mass is 19.4. The Morgan fingerprint density at radius 2 is 1.52 bits per heavy atom. The Morgan fingerprint density at radius 1 is 0.903 bits per heavy atom. The van der Waals surface area contributed by atoms with E-state index in [1.807, 2.05) is 0 Å². The minimum atomic E-state index is -5.13. The van der Waals surface area contributed by atoms with Gasteiger partial charge in [-0.25, -0.2) is 8.78 Å². The Morgan fingerprint density at radius 3 is 2.10 bits per heavy atom.